The molecule has 0 amide bonds. The molecule has 2 aliphatic heterocycles. The molecular weight excluding hydrogens is 402 g/mol. The SMILES string of the molecule is FC1(F)CC1Cn1cnc2ccc(C3=NCc4ccnc(OC5CCOCC5)c43)cc21. The summed E-state index contributed by atoms with van der Waals surface area (Å²) >= 11 is 0. The number of ether oxygens (including phenoxy) is 2. The van der Waals surface area contributed by atoms with Crippen molar-refractivity contribution >= 4 is 16.7 Å². The summed E-state index contributed by atoms with van der Waals surface area (Å²) in [5.41, 5.74) is 5.38. The van der Waals surface area contributed by atoms with Gasteiger partial charge in [-0.2, -0.15) is 0 Å². The predicted octanol–water partition coefficient (Wildman–Crippen LogP) is 4.00. The summed E-state index contributed by atoms with van der Waals surface area (Å²) in [6.07, 6.45) is 5.13. The number of alkyl halides is 2. The molecule has 2 fully saturated rings. The molecule has 1 saturated carbocycles. The number of benzene rings is 1. The van der Waals surface area contributed by atoms with Crippen LogP contribution in [0, 0.1) is 5.92 Å². The Hall–Kier alpha value is -2.87. The second kappa shape index (κ2) is 7.09. The van der Waals surface area contributed by atoms with Gasteiger partial charge in [0.1, 0.15) is 6.10 Å². The lowest BCUT2D eigenvalue weighted by Crippen LogP contribution is -2.27. The molecule has 3 aromatic rings. The van der Waals surface area contributed by atoms with Gasteiger partial charge in [0.05, 0.1) is 48.4 Å². The average Bonchev–Trinajstić information content (AvgIpc) is 3.12. The van der Waals surface area contributed by atoms with E-state index in [1.54, 1.807) is 12.5 Å². The number of rotatable bonds is 5. The Bertz CT molecular complexity index is 1180. The van der Waals surface area contributed by atoms with Crippen LogP contribution in [0.1, 0.15) is 36.0 Å². The second-order valence-corrected chi connectivity index (χ2v) is 8.51. The summed E-state index contributed by atoms with van der Waals surface area (Å²) in [4.78, 5) is 13.7. The van der Waals surface area contributed by atoms with Gasteiger partial charge < -0.3 is 14.0 Å². The molecule has 6 rings (SSSR count). The highest BCUT2D eigenvalue weighted by Gasteiger charge is 2.56. The number of imidazole rings is 1. The largest absolute Gasteiger partial charge is 0.474 e. The highest BCUT2D eigenvalue weighted by Crippen LogP contribution is 2.49. The first-order valence-corrected chi connectivity index (χ1v) is 10.7. The molecule has 8 heteroatoms. The number of nitrogens with zero attached hydrogens (tertiary/aromatic N) is 4. The smallest absolute Gasteiger partial charge is 0.253 e. The molecule has 4 heterocycles. The third-order valence-electron chi connectivity index (χ3n) is 6.36. The van der Waals surface area contributed by atoms with E-state index in [2.05, 4.69) is 9.97 Å². The van der Waals surface area contributed by atoms with Gasteiger partial charge in [0.2, 0.25) is 5.88 Å². The van der Waals surface area contributed by atoms with Gasteiger partial charge in [-0.15, -0.1) is 0 Å². The van der Waals surface area contributed by atoms with Crippen molar-refractivity contribution in [3.8, 4) is 5.88 Å². The van der Waals surface area contributed by atoms with E-state index < -0.39 is 11.8 Å². The van der Waals surface area contributed by atoms with Gasteiger partial charge in [-0.3, -0.25) is 4.99 Å². The summed E-state index contributed by atoms with van der Waals surface area (Å²) in [6.45, 7) is 2.24. The van der Waals surface area contributed by atoms with E-state index in [1.807, 2.05) is 28.8 Å². The zero-order valence-electron chi connectivity index (χ0n) is 16.9. The minimum absolute atomic E-state index is 0.0506. The molecule has 1 aliphatic carbocycles. The third kappa shape index (κ3) is 3.39. The van der Waals surface area contributed by atoms with Crippen LogP contribution in [-0.2, 0) is 17.8 Å². The van der Waals surface area contributed by atoms with E-state index >= 15 is 0 Å². The molecule has 1 aromatic carbocycles. The fourth-order valence-corrected chi connectivity index (χ4v) is 4.44. The maximum atomic E-state index is 13.4. The van der Waals surface area contributed by atoms with Gasteiger partial charge in [-0.25, -0.2) is 18.7 Å². The molecular formula is C23H22F2N4O2. The van der Waals surface area contributed by atoms with Crippen molar-refractivity contribution in [1.82, 2.24) is 14.5 Å². The molecule has 1 unspecified atom stereocenters. The highest BCUT2D eigenvalue weighted by molar-refractivity contribution is 6.17. The summed E-state index contributed by atoms with van der Waals surface area (Å²) in [5, 5.41) is 0. The Kier molecular flexibility index (Phi) is 4.31. The van der Waals surface area contributed by atoms with Crippen molar-refractivity contribution < 1.29 is 18.3 Å². The van der Waals surface area contributed by atoms with Crippen molar-refractivity contribution in [1.29, 1.82) is 0 Å². The molecule has 0 N–H and O–H groups in total. The maximum Gasteiger partial charge on any atom is 0.253 e. The maximum absolute atomic E-state index is 13.4. The van der Waals surface area contributed by atoms with Gasteiger partial charge in [0, 0.05) is 43.5 Å². The molecule has 0 spiro atoms. The number of pyridine rings is 1. The Balaban J connectivity index is 1.33. The number of aliphatic imine (C=N–C) groups is 1. The number of hydrogen-bond donors (Lipinski definition) is 0. The topological polar surface area (TPSA) is 61.5 Å². The monoisotopic (exact) mass is 424 g/mol. The summed E-state index contributed by atoms with van der Waals surface area (Å²) < 4.78 is 40.4. The Morgan fingerprint density at radius 1 is 1.16 bits per heavy atom. The molecule has 3 aliphatic rings. The predicted molar refractivity (Wildman–Crippen MR) is 111 cm³/mol. The molecule has 0 radical (unpaired) electrons. The van der Waals surface area contributed by atoms with Crippen LogP contribution in [0.15, 0.2) is 41.8 Å². The molecule has 1 atom stereocenters. The zero-order chi connectivity index (χ0) is 21.0. The second-order valence-electron chi connectivity index (χ2n) is 8.51. The lowest BCUT2D eigenvalue weighted by Gasteiger charge is -2.24. The van der Waals surface area contributed by atoms with Crippen LogP contribution in [-0.4, -0.2) is 45.5 Å². The van der Waals surface area contributed by atoms with Gasteiger partial charge in [0.15, 0.2) is 0 Å². The lowest BCUT2D eigenvalue weighted by molar-refractivity contribution is 0.0236. The van der Waals surface area contributed by atoms with E-state index in [1.165, 1.54) is 0 Å². The molecule has 1 saturated heterocycles. The van der Waals surface area contributed by atoms with Crippen LogP contribution in [0.2, 0.25) is 0 Å². The molecule has 6 nitrogen and oxygen atoms in total. The number of hydrogen-bond acceptors (Lipinski definition) is 5. The fraction of sp³-hybridized carbons (Fsp3) is 0.435. The zero-order valence-corrected chi connectivity index (χ0v) is 16.9. The summed E-state index contributed by atoms with van der Waals surface area (Å²) in [6, 6.07) is 7.86. The van der Waals surface area contributed by atoms with Crippen LogP contribution < -0.4 is 4.74 Å². The number of aromatic nitrogens is 3. The van der Waals surface area contributed by atoms with Crippen molar-refractivity contribution in [2.24, 2.45) is 10.9 Å². The van der Waals surface area contributed by atoms with Crippen LogP contribution in [0.25, 0.3) is 11.0 Å². The molecule has 0 bridgehead atoms. The molecule has 2 aromatic heterocycles. The van der Waals surface area contributed by atoms with Gasteiger partial charge in [-0.05, 0) is 23.8 Å². The Morgan fingerprint density at radius 2 is 2.00 bits per heavy atom. The molecule has 31 heavy (non-hydrogen) atoms. The van der Waals surface area contributed by atoms with Crippen LogP contribution in [0.5, 0.6) is 5.88 Å². The number of fused-ring (bicyclic) bond motifs is 2. The Labute approximate surface area is 177 Å². The lowest BCUT2D eigenvalue weighted by atomic mass is 10.0. The van der Waals surface area contributed by atoms with E-state index in [9.17, 15) is 8.78 Å². The molecule has 160 valence electrons. The van der Waals surface area contributed by atoms with Crippen molar-refractivity contribution in [3.63, 3.8) is 0 Å². The van der Waals surface area contributed by atoms with E-state index in [4.69, 9.17) is 14.5 Å². The van der Waals surface area contributed by atoms with Crippen molar-refractivity contribution in [3.05, 3.63) is 53.5 Å². The van der Waals surface area contributed by atoms with Crippen LogP contribution in [0.4, 0.5) is 8.78 Å². The standard InChI is InChI=1S/C23H22F2N4O2/c24-23(25)10-16(23)12-29-13-28-18-2-1-14(9-19(18)29)21-20-15(11-27-21)3-6-26-22(20)31-17-4-7-30-8-5-17/h1-3,6,9,13,16-17H,4-5,7-8,10-12H2. The first-order valence-electron chi connectivity index (χ1n) is 10.7. The highest BCUT2D eigenvalue weighted by atomic mass is 19.3. The normalized spacial score (nSPS) is 22.4. The van der Waals surface area contributed by atoms with E-state index in [0.29, 0.717) is 25.6 Å². The number of halogens is 2. The minimum atomic E-state index is -2.55. The average molecular weight is 424 g/mol. The fourth-order valence-electron chi connectivity index (χ4n) is 4.44. The van der Waals surface area contributed by atoms with Gasteiger partial charge >= 0.3 is 0 Å². The summed E-state index contributed by atoms with van der Waals surface area (Å²) in [5.74, 6) is -2.56. The minimum Gasteiger partial charge on any atom is -0.474 e. The van der Waals surface area contributed by atoms with Crippen molar-refractivity contribution in [2.45, 2.75) is 44.4 Å². The quantitative estimate of drug-likeness (QED) is 0.621. The first kappa shape index (κ1) is 18.9. The van der Waals surface area contributed by atoms with Crippen molar-refractivity contribution in [2.75, 3.05) is 13.2 Å². The van der Waals surface area contributed by atoms with Gasteiger partial charge in [0.25, 0.3) is 5.92 Å². The first-order chi connectivity index (χ1) is 15.1. The van der Waals surface area contributed by atoms with Crippen LogP contribution in [0.3, 0.4) is 0 Å². The van der Waals surface area contributed by atoms with E-state index in [0.717, 1.165) is 46.3 Å². The van der Waals surface area contributed by atoms with E-state index in [-0.39, 0.29) is 19.1 Å². The van der Waals surface area contributed by atoms with Gasteiger partial charge in [-0.1, -0.05) is 6.07 Å². The Morgan fingerprint density at radius 3 is 2.81 bits per heavy atom. The third-order valence-corrected chi connectivity index (χ3v) is 6.36. The summed E-state index contributed by atoms with van der Waals surface area (Å²) in [7, 11) is 0. The van der Waals surface area contributed by atoms with Crippen LogP contribution >= 0.6 is 0 Å².